The van der Waals surface area contributed by atoms with E-state index in [-0.39, 0.29) is 41.0 Å². The van der Waals surface area contributed by atoms with Crippen LogP contribution in [0.15, 0.2) is 57.9 Å². The summed E-state index contributed by atoms with van der Waals surface area (Å²) in [5.41, 5.74) is 3.28. The van der Waals surface area contributed by atoms with Crippen LogP contribution < -0.4 is 10.0 Å². The summed E-state index contributed by atoms with van der Waals surface area (Å²) in [6.07, 6.45) is 1.08. The van der Waals surface area contributed by atoms with E-state index in [2.05, 4.69) is 15.2 Å². The lowest BCUT2D eigenvalue weighted by atomic mass is 9.94. The van der Waals surface area contributed by atoms with E-state index in [9.17, 15) is 18.0 Å². The van der Waals surface area contributed by atoms with Crippen LogP contribution in [0.4, 0.5) is 5.88 Å². The molecule has 0 aliphatic carbocycles. The van der Waals surface area contributed by atoms with E-state index < -0.39 is 16.1 Å². The van der Waals surface area contributed by atoms with E-state index in [4.69, 9.17) is 4.52 Å². The van der Waals surface area contributed by atoms with Gasteiger partial charge in [0.2, 0.25) is 17.7 Å². The topological polar surface area (TPSA) is 122 Å². The van der Waals surface area contributed by atoms with Gasteiger partial charge in [0.25, 0.3) is 10.0 Å². The van der Waals surface area contributed by atoms with Crippen LogP contribution in [0.25, 0.3) is 11.1 Å². The van der Waals surface area contributed by atoms with Gasteiger partial charge in [0.1, 0.15) is 6.04 Å². The molecule has 40 heavy (non-hydrogen) atoms. The van der Waals surface area contributed by atoms with Gasteiger partial charge in [0.05, 0.1) is 10.6 Å². The van der Waals surface area contributed by atoms with E-state index in [1.807, 2.05) is 52.0 Å². The Hall–Kier alpha value is -3.66. The third-order valence-electron chi connectivity index (χ3n) is 7.12. The first kappa shape index (κ1) is 30.9. The van der Waals surface area contributed by atoms with E-state index in [1.54, 1.807) is 44.0 Å². The fourth-order valence-electron chi connectivity index (χ4n) is 4.50. The Morgan fingerprint density at radius 3 is 2.23 bits per heavy atom. The van der Waals surface area contributed by atoms with Gasteiger partial charge in [-0.25, -0.2) is 13.1 Å². The number of carbonyl (C=O) groups is 2. The van der Waals surface area contributed by atoms with Gasteiger partial charge in [-0.05, 0) is 42.9 Å². The molecule has 1 aromatic heterocycles. The van der Waals surface area contributed by atoms with E-state index in [1.165, 1.54) is 6.07 Å². The van der Waals surface area contributed by atoms with Crippen LogP contribution >= 0.6 is 0 Å². The molecule has 0 aliphatic heterocycles. The average Bonchev–Trinajstić information content (AvgIpc) is 3.23. The molecule has 0 fully saturated rings. The van der Waals surface area contributed by atoms with Gasteiger partial charge in [0, 0.05) is 31.1 Å². The number of hydrogen-bond acceptors (Lipinski definition) is 6. The highest BCUT2D eigenvalue weighted by Gasteiger charge is 2.33. The summed E-state index contributed by atoms with van der Waals surface area (Å²) in [5, 5.41) is 6.55. The molecule has 3 rings (SSSR count). The first-order valence-electron chi connectivity index (χ1n) is 13.5. The zero-order valence-corrected chi connectivity index (χ0v) is 25.1. The molecule has 0 aliphatic rings. The number of aromatic nitrogens is 1. The maximum absolute atomic E-state index is 13.3. The molecule has 2 atom stereocenters. The minimum Gasteiger partial charge on any atom is -0.357 e. The highest BCUT2D eigenvalue weighted by molar-refractivity contribution is 7.92. The Bertz CT molecular complexity index is 1430. The van der Waals surface area contributed by atoms with E-state index in [0.717, 1.165) is 12.0 Å². The third-order valence-corrected chi connectivity index (χ3v) is 8.50. The maximum atomic E-state index is 13.3. The molecule has 0 saturated heterocycles. The van der Waals surface area contributed by atoms with Gasteiger partial charge < -0.3 is 14.7 Å². The normalized spacial score (nSPS) is 13.1. The minimum absolute atomic E-state index is 0.0308. The van der Waals surface area contributed by atoms with Crippen molar-refractivity contribution in [1.29, 1.82) is 0 Å². The van der Waals surface area contributed by atoms with Crippen LogP contribution in [0.2, 0.25) is 0 Å². The predicted octanol–water partition coefficient (Wildman–Crippen LogP) is 5.29. The molecule has 216 valence electrons. The molecule has 0 saturated carbocycles. The van der Waals surface area contributed by atoms with Gasteiger partial charge in [-0.15, -0.1) is 0 Å². The summed E-state index contributed by atoms with van der Waals surface area (Å²) in [6, 6.07) is 13.5. The van der Waals surface area contributed by atoms with Crippen molar-refractivity contribution in [3.63, 3.8) is 0 Å². The smallest absolute Gasteiger partial charge is 0.264 e. The number of nitrogens with zero attached hydrogens (tertiary/aromatic N) is 2. The number of benzene rings is 2. The fourth-order valence-corrected chi connectivity index (χ4v) is 5.78. The maximum Gasteiger partial charge on any atom is 0.264 e. The fraction of sp³-hybridized carbons (Fsp3) is 0.433. The Balaban J connectivity index is 1.94. The molecule has 2 amide bonds. The number of sulfonamides is 1. The van der Waals surface area contributed by atoms with E-state index in [0.29, 0.717) is 28.8 Å². The molecule has 3 aromatic rings. The van der Waals surface area contributed by atoms with Gasteiger partial charge in [-0.2, -0.15) is 0 Å². The van der Waals surface area contributed by atoms with Crippen molar-refractivity contribution in [1.82, 2.24) is 15.4 Å². The lowest BCUT2D eigenvalue weighted by molar-refractivity contribution is -0.143. The van der Waals surface area contributed by atoms with Crippen molar-refractivity contribution in [2.75, 3.05) is 11.8 Å². The summed E-state index contributed by atoms with van der Waals surface area (Å²) >= 11 is 0. The predicted molar refractivity (Wildman–Crippen MR) is 156 cm³/mol. The molecule has 2 aromatic carbocycles. The van der Waals surface area contributed by atoms with Crippen LogP contribution in [0.3, 0.4) is 0 Å². The molecule has 2 N–H and O–H groups in total. The number of rotatable bonds is 12. The molecule has 0 unspecified atom stereocenters. The Kier molecular flexibility index (Phi) is 10.1. The zero-order chi connectivity index (χ0) is 29.6. The van der Waals surface area contributed by atoms with Crippen molar-refractivity contribution in [3.8, 4) is 11.1 Å². The van der Waals surface area contributed by atoms with Gasteiger partial charge in [0.15, 0.2) is 0 Å². The first-order valence-corrected chi connectivity index (χ1v) is 15.0. The Labute approximate surface area is 237 Å². The summed E-state index contributed by atoms with van der Waals surface area (Å²) in [6.45, 7) is 11.7. The van der Waals surface area contributed by atoms with Crippen molar-refractivity contribution in [2.45, 2.75) is 71.9 Å². The highest BCUT2D eigenvalue weighted by atomic mass is 32.2. The SMILES string of the molecule is CC[C@H](C)[C@@H](C(=O)NC)N(Cc1ccc(-c2ccccc2S(=O)(=O)Nc2onc(C)c2C)cc1)C(=O)CC(C)C. The van der Waals surface area contributed by atoms with Gasteiger partial charge >= 0.3 is 0 Å². The first-order chi connectivity index (χ1) is 18.9. The second kappa shape index (κ2) is 13.1. The third kappa shape index (κ3) is 7.10. The van der Waals surface area contributed by atoms with Crippen molar-refractivity contribution < 1.29 is 22.5 Å². The second-order valence-electron chi connectivity index (χ2n) is 10.6. The summed E-state index contributed by atoms with van der Waals surface area (Å²) in [7, 11) is -2.38. The minimum atomic E-state index is -3.97. The van der Waals surface area contributed by atoms with E-state index >= 15 is 0 Å². The van der Waals surface area contributed by atoms with Gasteiger partial charge in [-0.1, -0.05) is 81.7 Å². The van der Waals surface area contributed by atoms with Crippen molar-refractivity contribution >= 4 is 27.7 Å². The molecule has 10 heteroatoms. The lowest BCUT2D eigenvalue weighted by Gasteiger charge is -2.35. The van der Waals surface area contributed by atoms with Crippen LogP contribution in [0.5, 0.6) is 0 Å². The molecular formula is C30H40N4O5S. The van der Waals surface area contributed by atoms with Crippen molar-refractivity contribution in [3.05, 3.63) is 65.4 Å². The van der Waals surface area contributed by atoms with Crippen LogP contribution in [-0.2, 0) is 26.2 Å². The number of hydrogen-bond donors (Lipinski definition) is 2. The summed E-state index contributed by atoms with van der Waals surface area (Å²) in [5.74, 6) is -0.0609. The summed E-state index contributed by atoms with van der Waals surface area (Å²) in [4.78, 5) is 28.0. The number of likely N-dealkylation sites (N-methyl/N-ethyl adjacent to an activating group) is 1. The number of aryl methyl sites for hydroxylation is 1. The number of amides is 2. The molecular weight excluding hydrogens is 528 g/mol. The molecule has 1 heterocycles. The number of carbonyl (C=O) groups excluding carboxylic acids is 2. The number of anilines is 1. The lowest BCUT2D eigenvalue weighted by Crippen LogP contribution is -2.51. The average molecular weight is 569 g/mol. The largest absolute Gasteiger partial charge is 0.357 e. The van der Waals surface area contributed by atoms with Crippen molar-refractivity contribution in [2.24, 2.45) is 11.8 Å². The second-order valence-corrected chi connectivity index (χ2v) is 12.2. The quantitative estimate of drug-likeness (QED) is 0.306. The molecule has 0 spiro atoms. The highest BCUT2D eigenvalue weighted by Crippen LogP contribution is 2.30. The zero-order valence-electron chi connectivity index (χ0n) is 24.3. The molecule has 0 bridgehead atoms. The van der Waals surface area contributed by atoms with Crippen LogP contribution in [0, 0.1) is 25.7 Å². The van der Waals surface area contributed by atoms with Crippen LogP contribution in [0.1, 0.15) is 57.4 Å². The monoisotopic (exact) mass is 568 g/mol. The summed E-state index contributed by atoms with van der Waals surface area (Å²) < 4.78 is 34.3. The van der Waals surface area contributed by atoms with Crippen LogP contribution in [-0.4, -0.2) is 43.4 Å². The standard InChI is InChI=1S/C30H40N4O5S/c1-8-20(4)28(29(36)31-7)34(27(35)17-19(2)3)18-23-13-15-24(16-14-23)25-11-9-10-12-26(25)40(37,38)33-30-21(5)22(6)32-39-30/h9-16,19-20,28,33H,8,17-18H2,1-7H3,(H,31,36)/t20-,28-/m0/s1. The molecule has 0 radical (unpaired) electrons. The Morgan fingerprint density at radius 1 is 1.02 bits per heavy atom. The Morgan fingerprint density at radius 2 is 1.68 bits per heavy atom. The number of nitrogens with one attached hydrogen (secondary N) is 2. The molecule has 9 nitrogen and oxygen atoms in total. The van der Waals surface area contributed by atoms with Gasteiger partial charge in [-0.3, -0.25) is 9.59 Å².